The largest absolute Gasteiger partial charge is 0.469 e. The summed E-state index contributed by atoms with van der Waals surface area (Å²) in [5.41, 5.74) is 0. The maximum atomic E-state index is 11.1. The summed E-state index contributed by atoms with van der Waals surface area (Å²) >= 11 is 0. The normalized spacial score (nSPS) is 29.3. The summed E-state index contributed by atoms with van der Waals surface area (Å²) in [6, 6.07) is -0.0984. The van der Waals surface area contributed by atoms with Crippen LogP contribution in [0.15, 0.2) is 0 Å². The number of ether oxygens (including phenoxy) is 1. The number of nitrogens with one attached hydrogen (secondary N) is 1. The molecule has 0 radical (unpaired) electrons. The van der Waals surface area contributed by atoms with Gasteiger partial charge in [0, 0.05) is 12.5 Å². The van der Waals surface area contributed by atoms with Gasteiger partial charge in [-0.25, -0.2) is 0 Å². The van der Waals surface area contributed by atoms with Crippen molar-refractivity contribution in [1.29, 1.82) is 0 Å². The third kappa shape index (κ3) is 1.75. The van der Waals surface area contributed by atoms with Crippen molar-refractivity contribution < 1.29 is 14.3 Å². The lowest BCUT2D eigenvalue weighted by Gasteiger charge is -2.27. The highest BCUT2D eigenvalue weighted by molar-refractivity contribution is 5.81. The summed E-state index contributed by atoms with van der Waals surface area (Å²) in [5, 5.41) is 2.70. The fourth-order valence-corrected chi connectivity index (χ4v) is 1.44. The zero-order chi connectivity index (χ0) is 9.14. The van der Waals surface area contributed by atoms with Crippen LogP contribution < -0.4 is 5.32 Å². The van der Waals surface area contributed by atoms with Gasteiger partial charge < -0.3 is 10.1 Å². The Hall–Kier alpha value is -1.06. The minimum atomic E-state index is -0.234. The van der Waals surface area contributed by atoms with Crippen molar-refractivity contribution in [2.75, 3.05) is 7.11 Å². The van der Waals surface area contributed by atoms with Gasteiger partial charge in [-0.05, 0) is 13.3 Å². The van der Waals surface area contributed by atoms with Gasteiger partial charge in [-0.15, -0.1) is 0 Å². The Bertz CT molecular complexity index is 202. The highest BCUT2D eigenvalue weighted by atomic mass is 16.5. The molecule has 1 rings (SSSR count). The molecule has 0 spiro atoms. The number of methoxy groups -OCH3 is 1. The zero-order valence-electron chi connectivity index (χ0n) is 7.29. The summed E-state index contributed by atoms with van der Waals surface area (Å²) in [6.45, 7) is 1.82. The van der Waals surface area contributed by atoms with Crippen molar-refractivity contribution in [3.63, 3.8) is 0 Å². The standard InChI is InChI=1S/C8H13NO3/c1-5-6(8(11)12-2)3-4-7(10)9-5/h5-6H,3-4H2,1-2H3,(H,9,10). The Balaban J connectivity index is 2.56. The Morgan fingerprint density at radius 1 is 1.67 bits per heavy atom. The van der Waals surface area contributed by atoms with E-state index in [-0.39, 0.29) is 23.8 Å². The summed E-state index contributed by atoms with van der Waals surface area (Å²) < 4.78 is 4.61. The Morgan fingerprint density at radius 3 is 2.83 bits per heavy atom. The molecule has 2 unspecified atom stereocenters. The van der Waals surface area contributed by atoms with Crippen LogP contribution in [0, 0.1) is 5.92 Å². The maximum Gasteiger partial charge on any atom is 0.310 e. The SMILES string of the molecule is COC(=O)C1CCC(=O)NC1C. The molecule has 0 bridgehead atoms. The molecule has 1 N–H and O–H groups in total. The molecule has 12 heavy (non-hydrogen) atoms. The second kappa shape index (κ2) is 3.56. The van der Waals surface area contributed by atoms with Crippen LogP contribution in [0.3, 0.4) is 0 Å². The molecule has 0 aromatic carbocycles. The topological polar surface area (TPSA) is 55.4 Å². The van der Waals surface area contributed by atoms with Gasteiger partial charge in [0.25, 0.3) is 0 Å². The molecule has 0 saturated carbocycles. The number of esters is 1. The molecule has 68 valence electrons. The van der Waals surface area contributed by atoms with Gasteiger partial charge in [-0.2, -0.15) is 0 Å². The van der Waals surface area contributed by atoms with Crippen LogP contribution in [-0.2, 0) is 14.3 Å². The predicted molar refractivity (Wildman–Crippen MR) is 42.3 cm³/mol. The number of amides is 1. The third-order valence-electron chi connectivity index (χ3n) is 2.18. The molecule has 1 aliphatic rings. The molecule has 0 aromatic rings. The van der Waals surface area contributed by atoms with Gasteiger partial charge in [0.05, 0.1) is 13.0 Å². The first-order chi connectivity index (χ1) is 5.65. The number of piperidine rings is 1. The quantitative estimate of drug-likeness (QED) is 0.568. The molecular weight excluding hydrogens is 158 g/mol. The maximum absolute atomic E-state index is 11.1. The van der Waals surface area contributed by atoms with Crippen LogP contribution in [0.25, 0.3) is 0 Å². The number of hydrogen-bond acceptors (Lipinski definition) is 3. The lowest BCUT2D eigenvalue weighted by Crippen LogP contribution is -2.46. The molecule has 4 heteroatoms. The summed E-state index contributed by atoms with van der Waals surface area (Å²) in [5.74, 6) is -0.391. The highest BCUT2D eigenvalue weighted by Crippen LogP contribution is 2.17. The van der Waals surface area contributed by atoms with Crippen molar-refractivity contribution >= 4 is 11.9 Å². The summed E-state index contributed by atoms with van der Waals surface area (Å²) in [4.78, 5) is 22.0. The molecule has 1 heterocycles. The van der Waals surface area contributed by atoms with Gasteiger partial charge in [0.15, 0.2) is 0 Å². The summed E-state index contributed by atoms with van der Waals surface area (Å²) in [6.07, 6.45) is 1.02. The average Bonchev–Trinajstić information content (AvgIpc) is 2.03. The van der Waals surface area contributed by atoms with E-state index in [0.717, 1.165) is 0 Å². The number of hydrogen-bond donors (Lipinski definition) is 1. The van der Waals surface area contributed by atoms with Crippen LogP contribution in [0.4, 0.5) is 0 Å². The van der Waals surface area contributed by atoms with Crippen LogP contribution in [0.5, 0.6) is 0 Å². The van der Waals surface area contributed by atoms with Crippen molar-refractivity contribution in [1.82, 2.24) is 5.32 Å². The molecule has 1 saturated heterocycles. The van der Waals surface area contributed by atoms with E-state index >= 15 is 0 Å². The van der Waals surface area contributed by atoms with Crippen LogP contribution in [0.2, 0.25) is 0 Å². The first-order valence-corrected chi connectivity index (χ1v) is 4.02. The van der Waals surface area contributed by atoms with E-state index in [1.807, 2.05) is 6.92 Å². The van der Waals surface area contributed by atoms with Crippen molar-refractivity contribution in [3.05, 3.63) is 0 Å². The predicted octanol–water partition coefficient (Wildman–Crippen LogP) is 0.0741. The Morgan fingerprint density at radius 2 is 2.33 bits per heavy atom. The molecule has 0 aromatic heterocycles. The molecule has 1 fully saturated rings. The molecular formula is C8H13NO3. The van der Waals surface area contributed by atoms with E-state index in [0.29, 0.717) is 12.8 Å². The van der Waals surface area contributed by atoms with Crippen LogP contribution in [0.1, 0.15) is 19.8 Å². The number of carbonyl (C=O) groups excluding carboxylic acids is 2. The lowest BCUT2D eigenvalue weighted by molar-refractivity contribution is -0.148. The highest BCUT2D eigenvalue weighted by Gasteiger charge is 2.31. The van der Waals surface area contributed by atoms with E-state index in [1.165, 1.54) is 7.11 Å². The molecule has 0 aliphatic carbocycles. The van der Waals surface area contributed by atoms with Crippen LogP contribution in [-0.4, -0.2) is 25.0 Å². The fraction of sp³-hybridized carbons (Fsp3) is 0.750. The molecule has 1 aliphatic heterocycles. The van der Waals surface area contributed by atoms with Gasteiger partial charge in [-0.1, -0.05) is 0 Å². The summed E-state index contributed by atoms with van der Waals surface area (Å²) in [7, 11) is 1.37. The minimum Gasteiger partial charge on any atom is -0.469 e. The van der Waals surface area contributed by atoms with Gasteiger partial charge >= 0.3 is 5.97 Å². The fourth-order valence-electron chi connectivity index (χ4n) is 1.44. The second-order valence-electron chi connectivity index (χ2n) is 3.02. The Kier molecular flexibility index (Phi) is 2.68. The zero-order valence-corrected chi connectivity index (χ0v) is 7.29. The first kappa shape index (κ1) is 9.03. The van der Waals surface area contributed by atoms with Crippen LogP contribution >= 0.6 is 0 Å². The van der Waals surface area contributed by atoms with E-state index in [1.54, 1.807) is 0 Å². The van der Waals surface area contributed by atoms with Crippen molar-refractivity contribution in [2.45, 2.75) is 25.8 Å². The van der Waals surface area contributed by atoms with E-state index in [2.05, 4.69) is 10.1 Å². The molecule has 1 amide bonds. The van der Waals surface area contributed by atoms with E-state index in [4.69, 9.17) is 0 Å². The minimum absolute atomic E-state index is 0.0163. The van der Waals surface area contributed by atoms with E-state index < -0.39 is 0 Å². The van der Waals surface area contributed by atoms with Crippen molar-refractivity contribution in [2.24, 2.45) is 5.92 Å². The van der Waals surface area contributed by atoms with Gasteiger partial charge in [0.1, 0.15) is 0 Å². The number of rotatable bonds is 1. The van der Waals surface area contributed by atoms with Crippen molar-refractivity contribution in [3.8, 4) is 0 Å². The van der Waals surface area contributed by atoms with Gasteiger partial charge in [-0.3, -0.25) is 9.59 Å². The second-order valence-corrected chi connectivity index (χ2v) is 3.02. The average molecular weight is 171 g/mol. The third-order valence-corrected chi connectivity index (χ3v) is 2.18. The monoisotopic (exact) mass is 171 g/mol. The first-order valence-electron chi connectivity index (χ1n) is 4.02. The Labute approximate surface area is 71.3 Å². The molecule has 4 nitrogen and oxygen atoms in total. The number of carbonyl (C=O) groups is 2. The smallest absolute Gasteiger partial charge is 0.310 e. The van der Waals surface area contributed by atoms with E-state index in [9.17, 15) is 9.59 Å². The lowest BCUT2D eigenvalue weighted by atomic mass is 9.92. The van der Waals surface area contributed by atoms with Gasteiger partial charge in [0.2, 0.25) is 5.91 Å². The molecule has 2 atom stereocenters.